The van der Waals surface area contributed by atoms with E-state index in [4.69, 9.17) is 32.7 Å². The Bertz CT molecular complexity index is 982. The van der Waals surface area contributed by atoms with Gasteiger partial charge in [-0.3, -0.25) is 0 Å². The van der Waals surface area contributed by atoms with Crippen LogP contribution in [0, 0.1) is 0 Å². The minimum atomic E-state index is 0.242. The normalized spacial score (nSPS) is 11.9. The highest BCUT2D eigenvalue weighted by molar-refractivity contribution is 9.10. The van der Waals surface area contributed by atoms with E-state index in [9.17, 15) is 0 Å². The highest BCUT2D eigenvalue weighted by atomic mass is 79.9. The third kappa shape index (κ3) is 6.14. The topological polar surface area (TPSA) is 30.5 Å². The first-order chi connectivity index (χ1) is 14.5. The van der Waals surface area contributed by atoms with Gasteiger partial charge in [-0.2, -0.15) is 0 Å². The molecule has 30 heavy (non-hydrogen) atoms. The molecule has 0 aliphatic heterocycles. The summed E-state index contributed by atoms with van der Waals surface area (Å²) in [5.41, 5.74) is 3.29. The Kier molecular flexibility index (Phi) is 8.46. The second kappa shape index (κ2) is 11.1. The first kappa shape index (κ1) is 23.0. The van der Waals surface area contributed by atoms with Gasteiger partial charge in [0.25, 0.3) is 0 Å². The van der Waals surface area contributed by atoms with Crippen LogP contribution < -0.4 is 14.8 Å². The first-order valence-corrected chi connectivity index (χ1v) is 11.3. The second-order valence-corrected chi connectivity index (χ2v) is 8.56. The molecule has 1 N–H and O–H groups in total. The molecule has 0 aromatic heterocycles. The average Bonchev–Trinajstić information content (AvgIpc) is 2.74. The zero-order chi connectivity index (χ0) is 21.5. The Morgan fingerprint density at radius 1 is 0.933 bits per heavy atom. The zero-order valence-corrected chi connectivity index (χ0v) is 20.0. The summed E-state index contributed by atoms with van der Waals surface area (Å²) in [6, 6.07) is 20.2. The van der Waals surface area contributed by atoms with Gasteiger partial charge in [0.2, 0.25) is 0 Å². The maximum absolute atomic E-state index is 6.10. The molecule has 0 heterocycles. The van der Waals surface area contributed by atoms with E-state index in [2.05, 4.69) is 58.5 Å². The third-order valence-corrected chi connectivity index (χ3v) is 5.98. The van der Waals surface area contributed by atoms with E-state index in [-0.39, 0.29) is 6.04 Å². The average molecular weight is 509 g/mol. The Balaban J connectivity index is 1.72. The van der Waals surface area contributed by atoms with Crippen molar-refractivity contribution in [3.05, 3.63) is 91.9 Å². The molecule has 0 bridgehead atoms. The van der Waals surface area contributed by atoms with Gasteiger partial charge in [-0.05, 0) is 70.7 Å². The lowest BCUT2D eigenvalue weighted by Crippen LogP contribution is -2.18. The number of nitrogens with one attached hydrogen (secondary N) is 1. The minimum absolute atomic E-state index is 0.242. The van der Waals surface area contributed by atoms with Gasteiger partial charge in [0.05, 0.1) is 21.1 Å². The summed E-state index contributed by atoms with van der Waals surface area (Å²) >= 11 is 15.7. The standard InChI is InChI=1S/C24H24BrCl2NO2/c1-3-29-23-13-18(14-28-16(2)19-7-5-4-6-8-19)11-20(25)24(23)30-15-17-9-10-21(26)22(27)12-17/h4-13,16,28H,3,14-15H2,1-2H3. The van der Waals surface area contributed by atoms with E-state index in [1.807, 2.05) is 25.1 Å². The number of hydrogen-bond donors (Lipinski definition) is 1. The quantitative estimate of drug-likeness (QED) is 0.323. The van der Waals surface area contributed by atoms with Crippen LogP contribution in [-0.2, 0) is 13.2 Å². The predicted octanol–water partition coefficient (Wildman–Crippen LogP) is 7.58. The lowest BCUT2D eigenvalue weighted by molar-refractivity contribution is 0.267. The second-order valence-electron chi connectivity index (χ2n) is 6.89. The summed E-state index contributed by atoms with van der Waals surface area (Å²) in [7, 11) is 0. The molecule has 0 saturated carbocycles. The fourth-order valence-electron chi connectivity index (χ4n) is 3.04. The van der Waals surface area contributed by atoms with E-state index in [0.717, 1.165) is 15.6 Å². The lowest BCUT2D eigenvalue weighted by Gasteiger charge is -2.18. The highest BCUT2D eigenvalue weighted by Gasteiger charge is 2.14. The Morgan fingerprint density at radius 3 is 2.40 bits per heavy atom. The minimum Gasteiger partial charge on any atom is -0.490 e. The van der Waals surface area contributed by atoms with Crippen molar-refractivity contribution in [2.24, 2.45) is 0 Å². The molecule has 0 saturated heterocycles. The summed E-state index contributed by atoms with van der Waals surface area (Å²) in [6.45, 7) is 5.73. The fraction of sp³-hybridized carbons (Fsp3) is 0.250. The van der Waals surface area contributed by atoms with Crippen molar-refractivity contribution in [2.75, 3.05) is 6.61 Å². The fourth-order valence-corrected chi connectivity index (χ4v) is 3.97. The number of halogens is 3. The Morgan fingerprint density at radius 2 is 1.70 bits per heavy atom. The predicted molar refractivity (Wildman–Crippen MR) is 128 cm³/mol. The van der Waals surface area contributed by atoms with Crippen LogP contribution >= 0.6 is 39.1 Å². The van der Waals surface area contributed by atoms with E-state index >= 15 is 0 Å². The van der Waals surface area contributed by atoms with Crippen molar-refractivity contribution in [1.29, 1.82) is 0 Å². The van der Waals surface area contributed by atoms with Crippen LogP contribution in [-0.4, -0.2) is 6.61 Å². The molecule has 158 valence electrons. The van der Waals surface area contributed by atoms with Gasteiger partial charge in [0, 0.05) is 12.6 Å². The number of hydrogen-bond acceptors (Lipinski definition) is 3. The van der Waals surface area contributed by atoms with Gasteiger partial charge in [0.1, 0.15) is 6.61 Å². The van der Waals surface area contributed by atoms with E-state index < -0.39 is 0 Å². The molecule has 0 aliphatic rings. The Labute approximate surface area is 196 Å². The van der Waals surface area contributed by atoms with Crippen LogP contribution in [0.3, 0.4) is 0 Å². The first-order valence-electron chi connectivity index (χ1n) is 9.78. The molecular weight excluding hydrogens is 485 g/mol. The smallest absolute Gasteiger partial charge is 0.175 e. The molecule has 3 aromatic carbocycles. The van der Waals surface area contributed by atoms with Crippen LogP contribution in [0.1, 0.15) is 36.6 Å². The van der Waals surface area contributed by atoms with Gasteiger partial charge in [-0.15, -0.1) is 0 Å². The van der Waals surface area contributed by atoms with Gasteiger partial charge in [-0.25, -0.2) is 0 Å². The zero-order valence-electron chi connectivity index (χ0n) is 16.9. The third-order valence-electron chi connectivity index (χ3n) is 4.65. The summed E-state index contributed by atoms with van der Waals surface area (Å²) in [6.07, 6.45) is 0. The van der Waals surface area contributed by atoms with Crippen molar-refractivity contribution in [3.8, 4) is 11.5 Å². The molecule has 3 aromatic rings. The summed E-state index contributed by atoms with van der Waals surface area (Å²) in [5.74, 6) is 1.37. The van der Waals surface area contributed by atoms with Crippen LogP contribution in [0.2, 0.25) is 10.0 Å². The largest absolute Gasteiger partial charge is 0.490 e. The molecule has 3 rings (SSSR count). The molecule has 0 fully saturated rings. The number of ether oxygens (including phenoxy) is 2. The van der Waals surface area contributed by atoms with E-state index in [0.29, 0.717) is 41.3 Å². The van der Waals surface area contributed by atoms with E-state index in [1.165, 1.54) is 5.56 Å². The van der Waals surface area contributed by atoms with Gasteiger partial charge in [0.15, 0.2) is 11.5 Å². The monoisotopic (exact) mass is 507 g/mol. The molecular formula is C24H24BrCl2NO2. The van der Waals surface area contributed by atoms with Gasteiger partial charge >= 0.3 is 0 Å². The van der Waals surface area contributed by atoms with Crippen LogP contribution in [0.4, 0.5) is 0 Å². The van der Waals surface area contributed by atoms with Crippen molar-refractivity contribution >= 4 is 39.1 Å². The molecule has 6 heteroatoms. The number of benzene rings is 3. The van der Waals surface area contributed by atoms with E-state index in [1.54, 1.807) is 12.1 Å². The van der Waals surface area contributed by atoms with Crippen LogP contribution in [0.25, 0.3) is 0 Å². The van der Waals surface area contributed by atoms with Crippen molar-refractivity contribution < 1.29 is 9.47 Å². The molecule has 1 unspecified atom stereocenters. The van der Waals surface area contributed by atoms with Crippen molar-refractivity contribution in [2.45, 2.75) is 33.0 Å². The van der Waals surface area contributed by atoms with Crippen LogP contribution in [0.15, 0.2) is 65.1 Å². The molecule has 0 aliphatic carbocycles. The number of rotatable bonds is 9. The maximum atomic E-state index is 6.10. The van der Waals surface area contributed by atoms with Gasteiger partial charge < -0.3 is 14.8 Å². The summed E-state index contributed by atoms with van der Waals surface area (Å²) < 4.78 is 12.8. The van der Waals surface area contributed by atoms with Crippen LogP contribution in [0.5, 0.6) is 11.5 Å². The van der Waals surface area contributed by atoms with Crippen molar-refractivity contribution in [1.82, 2.24) is 5.32 Å². The Hall–Kier alpha value is -1.72. The SMILES string of the molecule is CCOc1cc(CNC(C)c2ccccc2)cc(Br)c1OCc1ccc(Cl)c(Cl)c1. The molecule has 0 amide bonds. The summed E-state index contributed by atoms with van der Waals surface area (Å²) in [4.78, 5) is 0. The molecule has 0 spiro atoms. The molecule has 1 atom stereocenters. The van der Waals surface area contributed by atoms with Gasteiger partial charge in [-0.1, -0.05) is 59.6 Å². The molecule has 3 nitrogen and oxygen atoms in total. The highest BCUT2D eigenvalue weighted by Crippen LogP contribution is 2.38. The molecule has 0 radical (unpaired) electrons. The maximum Gasteiger partial charge on any atom is 0.175 e. The summed E-state index contributed by atoms with van der Waals surface area (Å²) in [5, 5.41) is 4.59. The van der Waals surface area contributed by atoms with Crippen molar-refractivity contribution in [3.63, 3.8) is 0 Å². The lowest BCUT2D eigenvalue weighted by atomic mass is 10.1.